The number of amides is 1. The van der Waals surface area contributed by atoms with Crippen LogP contribution in [0.5, 0.6) is 11.5 Å². The van der Waals surface area contributed by atoms with E-state index in [4.69, 9.17) is 21.1 Å². The summed E-state index contributed by atoms with van der Waals surface area (Å²) in [6, 6.07) is 12.1. The minimum Gasteiger partial charge on any atom is -0.493 e. The molecule has 4 rings (SSSR count). The first-order valence-corrected chi connectivity index (χ1v) is 12.6. The second kappa shape index (κ2) is 8.72. The van der Waals surface area contributed by atoms with Crippen molar-refractivity contribution in [1.29, 1.82) is 0 Å². The summed E-state index contributed by atoms with van der Waals surface area (Å²) in [6.45, 7) is 0. The van der Waals surface area contributed by atoms with Crippen molar-refractivity contribution in [3.63, 3.8) is 0 Å². The third-order valence-corrected chi connectivity index (χ3v) is 8.73. The van der Waals surface area contributed by atoms with Crippen LogP contribution in [0.1, 0.15) is 5.56 Å². The standard InChI is InChI=1S/C21H21ClN2O5S2/c1-28-17-8-7-13(9-18(17)29-2)10-20(25)23-21-24(15-6-4-3-5-14(15)22)16-11-31(26,27)12-19(16)30-21/h3-9,16,19H,10-12H2,1-2H3/t16-,19+/m1/s1. The molecule has 2 aliphatic heterocycles. The Morgan fingerprint density at radius 3 is 2.61 bits per heavy atom. The second-order valence-electron chi connectivity index (χ2n) is 7.28. The van der Waals surface area contributed by atoms with E-state index in [1.165, 1.54) is 18.9 Å². The number of nitrogens with zero attached hydrogens (tertiary/aromatic N) is 2. The first kappa shape index (κ1) is 22.0. The summed E-state index contributed by atoms with van der Waals surface area (Å²) in [4.78, 5) is 18.9. The largest absolute Gasteiger partial charge is 0.493 e. The Morgan fingerprint density at radius 2 is 1.90 bits per heavy atom. The first-order valence-electron chi connectivity index (χ1n) is 9.54. The van der Waals surface area contributed by atoms with Gasteiger partial charge in [0.2, 0.25) is 0 Å². The van der Waals surface area contributed by atoms with Gasteiger partial charge in [-0.3, -0.25) is 4.79 Å². The van der Waals surface area contributed by atoms with E-state index < -0.39 is 9.84 Å². The molecule has 0 unspecified atom stereocenters. The van der Waals surface area contributed by atoms with E-state index in [0.29, 0.717) is 27.4 Å². The number of hydrogen-bond donors (Lipinski definition) is 0. The number of fused-ring (bicyclic) bond motifs is 1. The predicted molar refractivity (Wildman–Crippen MR) is 123 cm³/mol. The third kappa shape index (κ3) is 4.53. The van der Waals surface area contributed by atoms with Crippen molar-refractivity contribution in [3.05, 3.63) is 53.1 Å². The maximum Gasteiger partial charge on any atom is 0.252 e. The summed E-state index contributed by atoms with van der Waals surface area (Å²) >= 11 is 7.71. The van der Waals surface area contributed by atoms with Gasteiger partial charge in [0.05, 0.1) is 48.9 Å². The van der Waals surface area contributed by atoms with Gasteiger partial charge in [-0.2, -0.15) is 4.99 Å². The fourth-order valence-electron chi connectivity index (χ4n) is 3.80. The molecule has 0 bridgehead atoms. The Labute approximate surface area is 190 Å². The number of ether oxygens (including phenoxy) is 2. The minimum atomic E-state index is -3.15. The lowest BCUT2D eigenvalue weighted by Crippen LogP contribution is -2.38. The number of sulfone groups is 1. The highest BCUT2D eigenvalue weighted by molar-refractivity contribution is 8.16. The number of benzene rings is 2. The second-order valence-corrected chi connectivity index (χ2v) is 11.0. The minimum absolute atomic E-state index is 0.0127. The normalized spacial score (nSPS) is 23.1. The van der Waals surface area contributed by atoms with Gasteiger partial charge in [0, 0.05) is 5.25 Å². The van der Waals surface area contributed by atoms with Crippen LogP contribution in [-0.2, 0) is 21.1 Å². The van der Waals surface area contributed by atoms with Crippen LogP contribution in [0.2, 0.25) is 5.02 Å². The van der Waals surface area contributed by atoms with Crippen molar-refractivity contribution in [1.82, 2.24) is 0 Å². The van der Waals surface area contributed by atoms with E-state index in [-0.39, 0.29) is 35.1 Å². The van der Waals surface area contributed by atoms with Gasteiger partial charge in [-0.15, -0.1) is 0 Å². The van der Waals surface area contributed by atoms with E-state index in [1.54, 1.807) is 42.3 Å². The lowest BCUT2D eigenvalue weighted by molar-refractivity contribution is -0.117. The van der Waals surface area contributed by atoms with Gasteiger partial charge in [0.1, 0.15) is 0 Å². The van der Waals surface area contributed by atoms with E-state index >= 15 is 0 Å². The molecule has 2 aromatic carbocycles. The molecule has 31 heavy (non-hydrogen) atoms. The Hall–Kier alpha value is -2.23. The van der Waals surface area contributed by atoms with E-state index in [9.17, 15) is 13.2 Å². The topological polar surface area (TPSA) is 85.3 Å². The molecule has 0 spiro atoms. The zero-order valence-corrected chi connectivity index (χ0v) is 19.3. The van der Waals surface area contributed by atoms with Crippen molar-refractivity contribution in [2.45, 2.75) is 17.7 Å². The molecule has 2 atom stereocenters. The molecule has 0 aliphatic carbocycles. The number of amidine groups is 1. The van der Waals surface area contributed by atoms with Gasteiger partial charge in [0.15, 0.2) is 26.5 Å². The smallest absolute Gasteiger partial charge is 0.252 e. The highest BCUT2D eigenvalue weighted by Gasteiger charge is 2.49. The number of para-hydroxylation sites is 1. The zero-order chi connectivity index (χ0) is 22.2. The quantitative estimate of drug-likeness (QED) is 0.649. The van der Waals surface area contributed by atoms with Crippen molar-refractivity contribution in [3.8, 4) is 11.5 Å². The van der Waals surface area contributed by atoms with Gasteiger partial charge < -0.3 is 14.4 Å². The highest BCUT2D eigenvalue weighted by Crippen LogP contribution is 2.43. The molecular weight excluding hydrogens is 460 g/mol. The maximum atomic E-state index is 12.8. The summed E-state index contributed by atoms with van der Waals surface area (Å²) in [6.07, 6.45) is 0.0778. The van der Waals surface area contributed by atoms with Crippen molar-refractivity contribution in [2.75, 3.05) is 30.6 Å². The number of rotatable bonds is 5. The molecule has 0 aromatic heterocycles. The van der Waals surface area contributed by atoms with Gasteiger partial charge in [-0.05, 0) is 29.8 Å². The van der Waals surface area contributed by atoms with Crippen molar-refractivity contribution < 1.29 is 22.7 Å². The molecule has 2 saturated heterocycles. The third-order valence-electron chi connectivity index (χ3n) is 5.20. The summed E-state index contributed by atoms with van der Waals surface area (Å²) in [5.74, 6) is 0.850. The average molecular weight is 481 g/mol. The Kier molecular flexibility index (Phi) is 6.18. The van der Waals surface area contributed by atoms with E-state index in [1.807, 2.05) is 12.1 Å². The molecule has 0 saturated carbocycles. The van der Waals surface area contributed by atoms with Gasteiger partial charge in [0.25, 0.3) is 5.91 Å². The average Bonchev–Trinajstić information content (AvgIpc) is 3.19. The molecule has 1 amide bonds. The van der Waals surface area contributed by atoms with Crippen LogP contribution in [0.15, 0.2) is 47.5 Å². The van der Waals surface area contributed by atoms with Gasteiger partial charge in [-0.25, -0.2) is 8.42 Å². The Morgan fingerprint density at radius 1 is 1.16 bits per heavy atom. The molecule has 10 heteroatoms. The number of aliphatic imine (C=N–C) groups is 1. The van der Waals surface area contributed by atoms with Crippen LogP contribution >= 0.6 is 23.4 Å². The number of carbonyl (C=O) groups is 1. The number of halogens is 1. The summed E-state index contributed by atoms with van der Waals surface area (Å²) in [5.41, 5.74) is 1.39. The molecule has 2 aliphatic rings. The lowest BCUT2D eigenvalue weighted by Gasteiger charge is -2.25. The van der Waals surface area contributed by atoms with Crippen LogP contribution in [0.25, 0.3) is 0 Å². The maximum absolute atomic E-state index is 12.8. The fraction of sp³-hybridized carbons (Fsp3) is 0.333. The van der Waals surface area contributed by atoms with Gasteiger partial charge in [-0.1, -0.05) is 41.6 Å². The van der Waals surface area contributed by atoms with Crippen LogP contribution in [0, 0.1) is 0 Å². The van der Waals surface area contributed by atoms with Crippen molar-refractivity contribution in [2.24, 2.45) is 4.99 Å². The molecular formula is C21H21ClN2O5S2. The van der Waals surface area contributed by atoms with E-state index in [0.717, 1.165) is 5.56 Å². The summed E-state index contributed by atoms with van der Waals surface area (Å²) < 4.78 is 34.9. The molecule has 2 heterocycles. The fourth-order valence-corrected chi connectivity index (χ4v) is 7.96. The molecule has 2 aromatic rings. The first-order chi connectivity index (χ1) is 14.8. The number of anilines is 1. The van der Waals surface area contributed by atoms with Crippen LogP contribution < -0.4 is 14.4 Å². The highest BCUT2D eigenvalue weighted by atomic mass is 35.5. The zero-order valence-electron chi connectivity index (χ0n) is 16.9. The van der Waals surface area contributed by atoms with Gasteiger partial charge >= 0.3 is 0 Å². The molecule has 0 N–H and O–H groups in total. The SMILES string of the molecule is COc1ccc(CC(=O)N=C2S[C@H]3CS(=O)(=O)C[C@H]3N2c2ccccc2Cl)cc1OC. The Balaban J connectivity index is 1.63. The van der Waals surface area contributed by atoms with Crippen LogP contribution in [0.4, 0.5) is 5.69 Å². The Bertz CT molecular complexity index is 1150. The van der Waals surface area contributed by atoms with Crippen LogP contribution in [0.3, 0.4) is 0 Å². The number of thioether (sulfide) groups is 1. The monoisotopic (exact) mass is 480 g/mol. The molecule has 7 nitrogen and oxygen atoms in total. The van der Waals surface area contributed by atoms with E-state index in [2.05, 4.69) is 4.99 Å². The summed E-state index contributed by atoms with van der Waals surface area (Å²) in [5, 5.41) is 0.769. The van der Waals surface area contributed by atoms with Crippen molar-refractivity contribution >= 4 is 50.0 Å². The lowest BCUT2D eigenvalue weighted by atomic mass is 10.1. The molecule has 2 fully saturated rings. The van der Waals surface area contributed by atoms with Crippen LogP contribution in [-0.4, -0.2) is 56.5 Å². The predicted octanol–water partition coefficient (Wildman–Crippen LogP) is 3.20. The summed E-state index contributed by atoms with van der Waals surface area (Å²) in [7, 11) is -0.0625. The molecule has 164 valence electrons. The molecule has 0 radical (unpaired) electrons. The number of hydrogen-bond acceptors (Lipinski definition) is 6. The number of methoxy groups -OCH3 is 2. The number of carbonyl (C=O) groups excluding carboxylic acids is 1.